The zero-order valence-electron chi connectivity index (χ0n) is 17.4. The fourth-order valence-corrected chi connectivity index (χ4v) is 4.44. The van der Waals surface area contributed by atoms with Crippen molar-refractivity contribution >= 4 is 50.9 Å². The Kier molecular flexibility index (Phi) is 5.87. The lowest BCUT2D eigenvalue weighted by atomic mass is 10.2. The van der Waals surface area contributed by atoms with Crippen LogP contribution in [0.25, 0.3) is 10.2 Å². The number of anilines is 1. The Labute approximate surface area is 186 Å². The average Bonchev–Trinajstić information content (AvgIpc) is 3.31. The fourth-order valence-electron chi connectivity index (χ4n) is 3.38. The molecule has 1 saturated heterocycles. The van der Waals surface area contributed by atoms with Crippen LogP contribution in [-0.2, 0) is 25.7 Å². The van der Waals surface area contributed by atoms with E-state index in [1.807, 2.05) is 0 Å². The minimum atomic E-state index is -0.521. The lowest BCUT2D eigenvalue weighted by molar-refractivity contribution is -0.141. The predicted octanol–water partition coefficient (Wildman–Crippen LogP) is 2.28. The van der Waals surface area contributed by atoms with Crippen molar-refractivity contribution in [2.24, 2.45) is 4.99 Å². The number of ether oxygens (including phenoxy) is 2. The third kappa shape index (κ3) is 4.04. The van der Waals surface area contributed by atoms with Gasteiger partial charge in [0.1, 0.15) is 12.3 Å². The van der Waals surface area contributed by atoms with E-state index in [9.17, 15) is 19.2 Å². The summed E-state index contributed by atoms with van der Waals surface area (Å²) < 4.78 is 12.4. The van der Waals surface area contributed by atoms with Gasteiger partial charge in [0, 0.05) is 18.4 Å². The third-order valence-corrected chi connectivity index (χ3v) is 6.07. The smallest absolute Gasteiger partial charge is 0.325 e. The van der Waals surface area contributed by atoms with Crippen molar-refractivity contribution in [2.75, 3.05) is 19.1 Å². The second-order valence-corrected chi connectivity index (χ2v) is 7.98. The minimum absolute atomic E-state index is 0.104. The maximum atomic E-state index is 12.8. The standard InChI is InChI=1S/C22H19N3O6S/c1-30-15-7-8-16-17(11-15)32-22(24(16)12-20(28)31-2)23-21(29)13-3-5-14(6-4-13)25-18(26)9-10-19(25)27/h3-8,11H,9-10,12H2,1-2H3. The zero-order valence-corrected chi connectivity index (χ0v) is 18.2. The van der Waals surface area contributed by atoms with E-state index < -0.39 is 11.9 Å². The number of fused-ring (bicyclic) bond motifs is 1. The Bertz CT molecular complexity index is 1290. The molecule has 3 aromatic rings. The molecule has 0 radical (unpaired) electrons. The molecule has 1 aromatic heterocycles. The summed E-state index contributed by atoms with van der Waals surface area (Å²) in [5, 5.41) is 0. The molecule has 9 nitrogen and oxygen atoms in total. The summed E-state index contributed by atoms with van der Waals surface area (Å²) in [4.78, 5) is 54.2. The van der Waals surface area contributed by atoms with Gasteiger partial charge in [-0.25, -0.2) is 0 Å². The van der Waals surface area contributed by atoms with E-state index in [1.165, 1.54) is 30.6 Å². The molecule has 0 N–H and O–H groups in total. The van der Waals surface area contributed by atoms with E-state index in [2.05, 4.69) is 4.99 Å². The maximum Gasteiger partial charge on any atom is 0.325 e. The number of esters is 1. The van der Waals surface area contributed by atoms with Crippen molar-refractivity contribution in [3.05, 3.63) is 52.8 Å². The fraction of sp³-hybridized carbons (Fsp3) is 0.227. The number of benzene rings is 2. The summed E-state index contributed by atoms with van der Waals surface area (Å²) >= 11 is 1.24. The minimum Gasteiger partial charge on any atom is -0.497 e. The van der Waals surface area contributed by atoms with Crippen LogP contribution in [-0.4, -0.2) is 42.5 Å². The number of amides is 3. The normalized spacial score (nSPS) is 14.3. The molecule has 0 saturated carbocycles. The van der Waals surface area contributed by atoms with Gasteiger partial charge in [0.25, 0.3) is 5.91 Å². The molecule has 164 valence electrons. The zero-order chi connectivity index (χ0) is 22.8. The van der Waals surface area contributed by atoms with Crippen LogP contribution in [0.3, 0.4) is 0 Å². The molecule has 0 spiro atoms. The number of hydrogen-bond donors (Lipinski definition) is 0. The molecule has 2 aromatic carbocycles. The van der Waals surface area contributed by atoms with Crippen LogP contribution in [0.2, 0.25) is 0 Å². The largest absolute Gasteiger partial charge is 0.497 e. The van der Waals surface area contributed by atoms with Crippen molar-refractivity contribution < 1.29 is 28.7 Å². The van der Waals surface area contributed by atoms with Crippen molar-refractivity contribution in [1.82, 2.24) is 4.57 Å². The summed E-state index contributed by atoms with van der Waals surface area (Å²) in [7, 11) is 2.85. The maximum absolute atomic E-state index is 12.8. The van der Waals surface area contributed by atoms with Gasteiger partial charge in [-0.1, -0.05) is 11.3 Å². The van der Waals surface area contributed by atoms with Gasteiger partial charge in [-0.05, 0) is 42.5 Å². The summed E-state index contributed by atoms with van der Waals surface area (Å²) in [5.41, 5.74) is 1.42. The molecule has 10 heteroatoms. The first-order valence-electron chi connectivity index (χ1n) is 9.70. The van der Waals surface area contributed by atoms with Crippen molar-refractivity contribution in [3.8, 4) is 5.75 Å². The number of imide groups is 1. The van der Waals surface area contributed by atoms with E-state index in [-0.39, 0.29) is 36.8 Å². The van der Waals surface area contributed by atoms with Crippen molar-refractivity contribution in [1.29, 1.82) is 0 Å². The molecule has 0 bridgehead atoms. The number of hydrogen-bond acceptors (Lipinski definition) is 7. The van der Waals surface area contributed by atoms with E-state index >= 15 is 0 Å². The van der Waals surface area contributed by atoms with Gasteiger partial charge in [-0.3, -0.25) is 24.1 Å². The highest BCUT2D eigenvalue weighted by Crippen LogP contribution is 2.24. The second kappa shape index (κ2) is 8.75. The summed E-state index contributed by atoms with van der Waals surface area (Å²) in [6.07, 6.45) is 0.373. The number of rotatable bonds is 5. The number of carbonyl (C=O) groups is 4. The molecule has 1 aliphatic heterocycles. The van der Waals surface area contributed by atoms with Crippen LogP contribution in [0.15, 0.2) is 47.5 Å². The van der Waals surface area contributed by atoms with Crippen LogP contribution >= 0.6 is 11.3 Å². The van der Waals surface area contributed by atoms with Crippen LogP contribution in [0, 0.1) is 0 Å². The molecular weight excluding hydrogens is 434 g/mol. The van der Waals surface area contributed by atoms with Gasteiger partial charge < -0.3 is 14.0 Å². The number of aromatic nitrogens is 1. The highest BCUT2D eigenvalue weighted by atomic mass is 32.1. The van der Waals surface area contributed by atoms with Crippen LogP contribution in [0.4, 0.5) is 5.69 Å². The second-order valence-electron chi connectivity index (χ2n) is 6.97. The van der Waals surface area contributed by atoms with Crippen molar-refractivity contribution in [2.45, 2.75) is 19.4 Å². The summed E-state index contributed by atoms with van der Waals surface area (Å²) in [6.45, 7) is -0.104. The summed E-state index contributed by atoms with van der Waals surface area (Å²) in [5.74, 6) is -0.874. The Hall–Kier alpha value is -3.79. The van der Waals surface area contributed by atoms with Crippen molar-refractivity contribution in [3.63, 3.8) is 0 Å². The van der Waals surface area contributed by atoms with E-state index in [0.717, 1.165) is 9.60 Å². The SMILES string of the molecule is COC(=O)Cn1c(=NC(=O)c2ccc(N3C(=O)CCC3=O)cc2)sc2cc(OC)ccc21. The lowest BCUT2D eigenvalue weighted by Crippen LogP contribution is -2.28. The van der Waals surface area contributed by atoms with Gasteiger partial charge in [0.05, 0.1) is 30.1 Å². The molecule has 0 atom stereocenters. The van der Waals surface area contributed by atoms with Gasteiger partial charge in [-0.15, -0.1) is 0 Å². The first kappa shape index (κ1) is 21.4. The van der Waals surface area contributed by atoms with Gasteiger partial charge in [0.15, 0.2) is 4.80 Å². The van der Waals surface area contributed by atoms with Crippen LogP contribution < -0.4 is 14.4 Å². The lowest BCUT2D eigenvalue weighted by Gasteiger charge is -2.13. The molecule has 32 heavy (non-hydrogen) atoms. The first-order chi connectivity index (χ1) is 15.4. The third-order valence-electron chi connectivity index (χ3n) is 5.03. The molecule has 1 aliphatic rings. The van der Waals surface area contributed by atoms with Gasteiger partial charge in [-0.2, -0.15) is 4.99 Å². The molecule has 0 unspecified atom stereocenters. The Morgan fingerprint density at radius 3 is 2.34 bits per heavy atom. The predicted molar refractivity (Wildman–Crippen MR) is 116 cm³/mol. The molecule has 3 amide bonds. The van der Waals surface area contributed by atoms with Gasteiger partial charge >= 0.3 is 5.97 Å². The monoisotopic (exact) mass is 453 g/mol. The molecule has 4 rings (SSSR count). The Balaban J connectivity index is 1.70. The average molecular weight is 453 g/mol. The molecule has 1 fully saturated rings. The van der Waals surface area contributed by atoms with E-state index in [4.69, 9.17) is 9.47 Å². The Morgan fingerprint density at radius 1 is 1.03 bits per heavy atom. The number of nitrogens with zero attached hydrogens (tertiary/aromatic N) is 3. The Morgan fingerprint density at radius 2 is 1.72 bits per heavy atom. The quantitative estimate of drug-likeness (QED) is 0.433. The highest BCUT2D eigenvalue weighted by molar-refractivity contribution is 7.16. The number of thiazole rings is 1. The first-order valence-corrected chi connectivity index (χ1v) is 10.5. The van der Waals surface area contributed by atoms with Crippen LogP contribution in [0.1, 0.15) is 23.2 Å². The van der Waals surface area contributed by atoms with Gasteiger partial charge in [0.2, 0.25) is 11.8 Å². The molecule has 2 heterocycles. The summed E-state index contributed by atoms with van der Waals surface area (Å²) in [6, 6.07) is 11.5. The number of carbonyl (C=O) groups excluding carboxylic acids is 4. The van der Waals surface area contributed by atoms with Crippen LogP contribution in [0.5, 0.6) is 5.75 Å². The van der Waals surface area contributed by atoms with E-state index in [1.54, 1.807) is 42.0 Å². The highest BCUT2D eigenvalue weighted by Gasteiger charge is 2.30. The van der Waals surface area contributed by atoms with E-state index in [0.29, 0.717) is 21.8 Å². The molecular formula is C22H19N3O6S. The number of methoxy groups -OCH3 is 2. The topological polar surface area (TPSA) is 107 Å². The molecule has 0 aliphatic carbocycles.